The van der Waals surface area contributed by atoms with Gasteiger partial charge in [-0.05, 0) is 17.7 Å². The quantitative estimate of drug-likeness (QED) is 0.817. The molecular weight excluding hydrogens is 257 g/mol. The molecule has 0 aliphatic carbocycles. The number of carboxylic acids is 1. The van der Waals surface area contributed by atoms with E-state index >= 15 is 0 Å². The summed E-state index contributed by atoms with van der Waals surface area (Å²) < 4.78 is 12.8. The molecule has 2 rings (SSSR count). The summed E-state index contributed by atoms with van der Waals surface area (Å²) >= 11 is 4.19. The summed E-state index contributed by atoms with van der Waals surface area (Å²) in [5, 5.41) is 9.09. The van der Waals surface area contributed by atoms with Crippen LogP contribution in [0.15, 0.2) is 24.3 Å². The number of hydrogen-bond acceptors (Lipinski definition) is 3. The van der Waals surface area contributed by atoms with Crippen LogP contribution in [-0.2, 0) is 9.59 Å². The van der Waals surface area contributed by atoms with E-state index in [0.717, 1.165) is 0 Å². The number of benzene rings is 1. The normalized spacial score (nSPS) is 21.1. The van der Waals surface area contributed by atoms with E-state index in [2.05, 4.69) is 12.6 Å². The van der Waals surface area contributed by atoms with Gasteiger partial charge in [-0.15, -0.1) is 0 Å². The van der Waals surface area contributed by atoms with Gasteiger partial charge in [-0.2, -0.15) is 12.6 Å². The van der Waals surface area contributed by atoms with Gasteiger partial charge in [-0.1, -0.05) is 12.1 Å². The fourth-order valence-electron chi connectivity index (χ4n) is 2.06. The van der Waals surface area contributed by atoms with Gasteiger partial charge in [0.2, 0.25) is 5.91 Å². The molecule has 1 unspecified atom stereocenters. The number of carboxylic acid groups (broad SMARTS) is 1. The Morgan fingerprint density at radius 1 is 1.44 bits per heavy atom. The third-order valence-corrected chi connectivity index (χ3v) is 3.22. The zero-order chi connectivity index (χ0) is 13.3. The fourth-order valence-corrected chi connectivity index (χ4v) is 2.39. The summed E-state index contributed by atoms with van der Waals surface area (Å²) in [4.78, 5) is 24.3. The number of halogens is 1. The van der Waals surface area contributed by atoms with Gasteiger partial charge in [0.15, 0.2) is 6.04 Å². The lowest BCUT2D eigenvalue weighted by Crippen LogP contribution is -2.35. The first kappa shape index (κ1) is 12.9. The Balaban J connectivity index is 2.32. The summed E-state index contributed by atoms with van der Waals surface area (Å²) in [6, 6.07) is 4.06. The highest BCUT2D eigenvalue weighted by Gasteiger charge is 2.37. The lowest BCUT2D eigenvalue weighted by atomic mass is 10.1. The Bertz CT molecular complexity index is 477. The highest BCUT2D eigenvalue weighted by molar-refractivity contribution is 7.81. The Hall–Kier alpha value is -1.56. The van der Waals surface area contributed by atoms with Crippen LogP contribution >= 0.6 is 12.6 Å². The molecule has 1 N–H and O–H groups in total. The molecule has 4 nitrogen and oxygen atoms in total. The second kappa shape index (κ2) is 4.97. The van der Waals surface area contributed by atoms with E-state index in [1.165, 1.54) is 29.2 Å². The minimum absolute atomic E-state index is 0.153. The molecule has 0 spiro atoms. The molecule has 0 aromatic heterocycles. The Kier molecular flexibility index (Phi) is 3.56. The van der Waals surface area contributed by atoms with Gasteiger partial charge < -0.3 is 10.0 Å². The first-order valence-corrected chi connectivity index (χ1v) is 5.96. The summed E-state index contributed by atoms with van der Waals surface area (Å²) in [6.45, 7) is 0.288. The van der Waals surface area contributed by atoms with Gasteiger partial charge in [0.25, 0.3) is 0 Å². The number of thiol groups is 1. The summed E-state index contributed by atoms with van der Waals surface area (Å²) in [5.74, 6) is -1.81. The van der Waals surface area contributed by atoms with Crippen molar-refractivity contribution in [1.29, 1.82) is 0 Å². The van der Waals surface area contributed by atoms with Crippen LogP contribution in [0, 0.1) is 5.82 Å². The second-order valence-corrected chi connectivity index (χ2v) is 4.93. The number of nitrogens with zero attached hydrogens (tertiary/aromatic N) is 1. The molecule has 1 heterocycles. The monoisotopic (exact) mass is 269 g/mol. The van der Waals surface area contributed by atoms with Crippen LogP contribution in [0.1, 0.15) is 18.0 Å². The average molecular weight is 269 g/mol. The van der Waals surface area contributed by atoms with Crippen molar-refractivity contribution in [3.63, 3.8) is 0 Å². The molecule has 1 aliphatic rings. The van der Waals surface area contributed by atoms with Crippen molar-refractivity contribution in [2.45, 2.75) is 17.7 Å². The molecule has 1 fully saturated rings. The number of likely N-dealkylation sites (tertiary alicyclic amines) is 1. The molecule has 1 aromatic rings. The van der Waals surface area contributed by atoms with Crippen molar-refractivity contribution >= 4 is 24.5 Å². The Morgan fingerprint density at radius 2 is 2.06 bits per heavy atom. The predicted octanol–water partition coefficient (Wildman–Crippen LogP) is 1.48. The van der Waals surface area contributed by atoms with E-state index in [4.69, 9.17) is 0 Å². The average Bonchev–Trinajstić information content (AvgIpc) is 2.61. The fraction of sp³-hybridized carbons (Fsp3) is 0.333. The van der Waals surface area contributed by atoms with Gasteiger partial charge in [0.05, 0.1) is 0 Å². The van der Waals surface area contributed by atoms with Crippen molar-refractivity contribution in [2.24, 2.45) is 0 Å². The maximum absolute atomic E-state index is 12.8. The van der Waals surface area contributed by atoms with Gasteiger partial charge in [-0.25, -0.2) is 9.18 Å². The van der Waals surface area contributed by atoms with E-state index in [1.807, 2.05) is 0 Å². The minimum Gasteiger partial charge on any atom is -0.479 e. The molecule has 1 aromatic carbocycles. The van der Waals surface area contributed by atoms with E-state index in [1.54, 1.807) is 0 Å². The molecular formula is C12H12FNO3S. The standard InChI is InChI=1S/C12H12FNO3S/c13-8-3-1-7(2-4-8)11(12(16)17)14-6-9(18)5-10(14)15/h1-4,9,11,18H,5-6H2,(H,16,17)/t9?,11-/m0/s1. The first-order valence-electron chi connectivity index (χ1n) is 5.45. The Labute approximate surface area is 109 Å². The van der Waals surface area contributed by atoms with E-state index in [0.29, 0.717) is 5.56 Å². The van der Waals surface area contributed by atoms with E-state index in [9.17, 15) is 19.1 Å². The highest BCUT2D eigenvalue weighted by Crippen LogP contribution is 2.28. The summed E-state index contributed by atoms with van der Waals surface area (Å²) in [6.07, 6.45) is 0.230. The molecule has 0 saturated carbocycles. The molecule has 6 heteroatoms. The maximum Gasteiger partial charge on any atom is 0.331 e. The molecule has 1 aliphatic heterocycles. The smallest absolute Gasteiger partial charge is 0.331 e. The van der Waals surface area contributed by atoms with Crippen molar-refractivity contribution < 1.29 is 19.1 Å². The molecule has 18 heavy (non-hydrogen) atoms. The molecule has 2 atom stereocenters. The maximum atomic E-state index is 12.8. The number of amides is 1. The van der Waals surface area contributed by atoms with Crippen molar-refractivity contribution in [1.82, 2.24) is 4.90 Å². The van der Waals surface area contributed by atoms with Crippen molar-refractivity contribution in [2.75, 3.05) is 6.54 Å². The summed E-state index contributed by atoms with van der Waals surface area (Å²) in [5.41, 5.74) is 0.389. The summed E-state index contributed by atoms with van der Waals surface area (Å²) in [7, 11) is 0. The molecule has 1 saturated heterocycles. The van der Waals surface area contributed by atoms with Crippen molar-refractivity contribution in [3.8, 4) is 0 Å². The van der Waals surface area contributed by atoms with Crippen LogP contribution in [0.4, 0.5) is 4.39 Å². The molecule has 0 radical (unpaired) electrons. The van der Waals surface area contributed by atoms with Gasteiger partial charge in [0.1, 0.15) is 5.82 Å². The molecule has 1 amide bonds. The van der Waals surface area contributed by atoms with Gasteiger partial charge in [0, 0.05) is 18.2 Å². The van der Waals surface area contributed by atoms with Crippen LogP contribution < -0.4 is 0 Å². The first-order chi connectivity index (χ1) is 8.49. The van der Waals surface area contributed by atoms with Crippen LogP contribution in [0.5, 0.6) is 0 Å². The lowest BCUT2D eigenvalue weighted by molar-refractivity contribution is -0.148. The number of carbonyl (C=O) groups is 2. The zero-order valence-corrected chi connectivity index (χ0v) is 10.3. The number of rotatable bonds is 3. The van der Waals surface area contributed by atoms with Crippen molar-refractivity contribution in [3.05, 3.63) is 35.6 Å². The van der Waals surface area contributed by atoms with Gasteiger partial charge in [-0.3, -0.25) is 4.79 Å². The molecule has 96 valence electrons. The van der Waals surface area contributed by atoms with Crippen LogP contribution in [0.25, 0.3) is 0 Å². The van der Waals surface area contributed by atoms with Crippen LogP contribution in [-0.4, -0.2) is 33.7 Å². The van der Waals surface area contributed by atoms with Crippen LogP contribution in [0.2, 0.25) is 0 Å². The number of hydrogen-bond donors (Lipinski definition) is 2. The molecule has 0 bridgehead atoms. The van der Waals surface area contributed by atoms with E-state index in [-0.39, 0.29) is 24.1 Å². The topological polar surface area (TPSA) is 57.6 Å². The predicted molar refractivity (Wildman–Crippen MR) is 65.9 cm³/mol. The number of aliphatic carboxylic acids is 1. The highest BCUT2D eigenvalue weighted by atomic mass is 32.1. The number of carbonyl (C=O) groups excluding carboxylic acids is 1. The van der Waals surface area contributed by atoms with Gasteiger partial charge >= 0.3 is 5.97 Å². The third-order valence-electron chi connectivity index (χ3n) is 2.87. The second-order valence-electron chi connectivity index (χ2n) is 4.20. The Morgan fingerprint density at radius 3 is 2.50 bits per heavy atom. The largest absolute Gasteiger partial charge is 0.479 e. The zero-order valence-electron chi connectivity index (χ0n) is 9.41. The lowest BCUT2D eigenvalue weighted by Gasteiger charge is -2.24. The van der Waals surface area contributed by atoms with E-state index < -0.39 is 17.8 Å². The SMILES string of the molecule is O=C(O)[C@H](c1ccc(F)cc1)N1CC(S)CC1=O. The third kappa shape index (κ3) is 2.48. The minimum atomic E-state index is -1.13. The van der Waals surface area contributed by atoms with Crippen LogP contribution in [0.3, 0.4) is 0 Å².